The van der Waals surface area contributed by atoms with Crippen LogP contribution in [0.15, 0.2) is 78.3 Å². The van der Waals surface area contributed by atoms with Crippen molar-refractivity contribution in [1.82, 2.24) is 0 Å². The highest BCUT2D eigenvalue weighted by molar-refractivity contribution is 6.00. The van der Waals surface area contributed by atoms with Crippen molar-refractivity contribution in [3.8, 4) is 5.75 Å². The molecule has 0 amide bonds. The maximum Gasteiger partial charge on any atom is 0.336 e. The van der Waals surface area contributed by atoms with Crippen molar-refractivity contribution in [2.45, 2.75) is 38.2 Å². The summed E-state index contributed by atoms with van der Waals surface area (Å²) in [5.74, 6) is 0.631. The molecule has 2 aromatic carbocycles. The van der Waals surface area contributed by atoms with E-state index in [-0.39, 0.29) is 5.78 Å². The summed E-state index contributed by atoms with van der Waals surface area (Å²) in [6.45, 7) is 1.95. The summed E-state index contributed by atoms with van der Waals surface area (Å²) in [6, 6.07) is 13.6. The minimum absolute atomic E-state index is 0.00218. The second kappa shape index (κ2) is 7.98. The zero-order chi connectivity index (χ0) is 24.3. The molecule has 0 N–H and O–H groups in total. The third-order valence-electron chi connectivity index (χ3n) is 6.84. The van der Waals surface area contributed by atoms with Crippen molar-refractivity contribution in [3.05, 3.63) is 97.4 Å². The van der Waals surface area contributed by atoms with Crippen molar-refractivity contribution < 1.29 is 23.1 Å². The fraction of sp³-hybridized carbons (Fsp3) is 0.250. The Bertz CT molecular complexity index is 1670. The lowest BCUT2D eigenvalue weighted by atomic mass is 9.78. The van der Waals surface area contributed by atoms with Gasteiger partial charge in [0.15, 0.2) is 5.78 Å². The van der Waals surface area contributed by atoms with E-state index in [0.717, 1.165) is 10.9 Å². The number of rotatable bonds is 3. The van der Waals surface area contributed by atoms with Crippen LogP contribution >= 0.6 is 0 Å². The Labute approximate surface area is 199 Å². The fourth-order valence-corrected chi connectivity index (χ4v) is 5.32. The van der Waals surface area contributed by atoms with Gasteiger partial charge in [0, 0.05) is 46.9 Å². The number of allylic oxidation sites excluding steroid dienone is 1. The van der Waals surface area contributed by atoms with Crippen LogP contribution in [0.2, 0.25) is 0 Å². The van der Waals surface area contributed by atoms with Gasteiger partial charge in [0.1, 0.15) is 28.8 Å². The van der Waals surface area contributed by atoms with Crippen molar-refractivity contribution in [2.75, 3.05) is 7.11 Å². The van der Waals surface area contributed by atoms with E-state index in [9.17, 15) is 14.4 Å². The monoisotopic (exact) mass is 470 g/mol. The van der Waals surface area contributed by atoms with E-state index >= 15 is 0 Å². The molecule has 2 aliphatic rings. The highest BCUT2D eigenvalue weighted by Gasteiger charge is 2.44. The molecule has 6 rings (SSSR count). The summed E-state index contributed by atoms with van der Waals surface area (Å²) in [4.78, 5) is 38.4. The number of fused-ring (bicyclic) bond motifs is 2. The molecule has 7 nitrogen and oxygen atoms in total. The smallest absolute Gasteiger partial charge is 0.336 e. The number of benzene rings is 2. The third kappa shape index (κ3) is 3.46. The number of methoxy groups -OCH3 is 1. The van der Waals surface area contributed by atoms with Gasteiger partial charge in [0.05, 0.1) is 13.0 Å². The number of hydrogen-bond donors (Lipinski definition) is 0. The van der Waals surface area contributed by atoms with Gasteiger partial charge in [-0.05, 0) is 49.2 Å². The van der Waals surface area contributed by atoms with E-state index in [1.54, 1.807) is 31.4 Å². The number of carbonyl (C=O) groups excluding carboxylic acids is 1. The summed E-state index contributed by atoms with van der Waals surface area (Å²) < 4.78 is 22.7. The van der Waals surface area contributed by atoms with Gasteiger partial charge in [-0.25, -0.2) is 9.59 Å². The molecule has 0 saturated carbocycles. The summed E-state index contributed by atoms with van der Waals surface area (Å²) >= 11 is 0. The zero-order valence-electron chi connectivity index (χ0n) is 19.3. The number of ketones is 1. The lowest BCUT2D eigenvalue weighted by Gasteiger charge is -2.23. The van der Waals surface area contributed by atoms with E-state index in [4.69, 9.17) is 18.3 Å². The molecule has 0 saturated heterocycles. The highest BCUT2D eigenvalue weighted by atomic mass is 16.5. The number of ether oxygens (including phenoxy) is 2. The van der Waals surface area contributed by atoms with Gasteiger partial charge in [0.25, 0.3) is 0 Å². The van der Waals surface area contributed by atoms with E-state index in [1.807, 2.05) is 19.1 Å². The van der Waals surface area contributed by atoms with Gasteiger partial charge in [-0.1, -0.05) is 11.6 Å². The van der Waals surface area contributed by atoms with Crippen LogP contribution in [0.4, 0.5) is 0 Å². The topological polar surface area (TPSA) is 96.0 Å². The third-order valence-corrected chi connectivity index (χ3v) is 6.84. The Balaban J connectivity index is 1.66. The second-order valence-electron chi connectivity index (χ2n) is 9.03. The number of Topliss-reactive ketones (excluding diaryl/α,β-unsaturated/α-hetero) is 1. The van der Waals surface area contributed by atoms with Crippen LogP contribution in [0.5, 0.6) is 5.75 Å². The van der Waals surface area contributed by atoms with Gasteiger partial charge < -0.3 is 18.3 Å². The molecule has 0 fully saturated rings. The molecule has 0 bridgehead atoms. The average molecular weight is 470 g/mol. The average Bonchev–Trinajstić information content (AvgIpc) is 3.23. The number of hydrogen-bond acceptors (Lipinski definition) is 7. The summed E-state index contributed by atoms with van der Waals surface area (Å²) in [5, 5.41) is 1.38. The van der Waals surface area contributed by atoms with Crippen LogP contribution in [0.3, 0.4) is 0 Å². The van der Waals surface area contributed by atoms with Crippen LogP contribution in [0.1, 0.15) is 48.0 Å². The molecule has 176 valence electrons. The Morgan fingerprint density at radius 1 is 0.829 bits per heavy atom. The van der Waals surface area contributed by atoms with Crippen molar-refractivity contribution >= 4 is 27.7 Å². The first-order valence-corrected chi connectivity index (χ1v) is 11.5. The molecule has 7 heteroatoms. The van der Waals surface area contributed by atoms with Crippen LogP contribution in [-0.2, 0) is 9.53 Å². The fourth-order valence-electron chi connectivity index (χ4n) is 5.32. The molecule has 35 heavy (non-hydrogen) atoms. The maximum absolute atomic E-state index is 13.2. The normalized spacial score (nSPS) is 19.8. The van der Waals surface area contributed by atoms with Crippen LogP contribution < -0.4 is 16.0 Å². The molecular formula is C28H22O7. The second-order valence-corrected chi connectivity index (χ2v) is 9.03. The first kappa shape index (κ1) is 21.4. The molecule has 1 aliphatic carbocycles. The van der Waals surface area contributed by atoms with Crippen molar-refractivity contribution in [2.24, 2.45) is 0 Å². The molecule has 2 atom stereocenters. The Hall–Kier alpha value is -4.13. The summed E-state index contributed by atoms with van der Waals surface area (Å²) in [7, 11) is 1.56. The SMILES string of the molecule is COc1ccc2oc(=O)cc(C3OC4=C(C(=O)CCC4)C3c3cc(=O)oc4ccc(C)cc34)c2c1. The Morgan fingerprint density at radius 3 is 2.26 bits per heavy atom. The van der Waals surface area contributed by atoms with Crippen LogP contribution in [0.25, 0.3) is 21.9 Å². The maximum atomic E-state index is 13.2. The first-order chi connectivity index (χ1) is 16.9. The van der Waals surface area contributed by atoms with Gasteiger partial charge >= 0.3 is 11.3 Å². The van der Waals surface area contributed by atoms with Crippen LogP contribution in [-0.4, -0.2) is 12.9 Å². The van der Waals surface area contributed by atoms with Gasteiger partial charge in [-0.15, -0.1) is 0 Å². The highest BCUT2D eigenvalue weighted by Crippen LogP contribution is 2.53. The molecule has 1 aliphatic heterocycles. The molecule has 4 aromatic rings. The molecule has 2 aromatic heterocycles. The number of carbonyl (C=O) groups is 1. The van der Waals surface area contributed by atoms with Gasteiger partial charge in [-0.2, -0.15) is 0 Å². The minimum atomic E-state index is -0.703. The lowest BCUT2D eigenvalue weighted by molar-refractivity contribution is -0.116. The van der Waals surface area contributed by atoms with Crippen molar-refractivity contribution in [3.63, 3.8) is 0 Å². The molecule has 2 unspecified atom stereocenters. The van der Waals surface area contributed by atoms with E-state index in [1.165, 1.54) is 12.1 Å². The minimum Gasteiger partial charge on any atom is -0.497 e. The molecule has 0 spiro atoms. The van der Waals surface area contributed by atoms with Crippen molar-refractivity contribution in [1.29, 1.82) is 0 Å². The standard InChI is InChI=1S/C28H22O7/c1-14-6-8-21-16(10-14)18(12-24(30)33-21)26-27-20(29)4-3-5-23(27)35-28(26)19-13-25(31)34-22-9-7-15(32-2)11-17(19)22/h6-13,26,28H,3-5H2,1-2H3. The largest absolute Gasteiger partial charge is 0.497 e. The van der Waals surface area contributed by atoms with Gasteiger partial charge in [0.2, 0.25) is 0 Å². The van der Waals surface area contributed by atoms with Gasteiger partial charge in [-0.3, -0.25) is 4.79 Å². The quantitative estimate of drug-likeness (QED) is 0.385. The summed E-state index contributed by atoms with van der Waals surface area (Å²) in [6.07, 6.45) is 1.02. The molecule has 0 radical (unpaired) electrons. The predicted octanol–water partition coefficient (Wildman–Crippen LogP) is 5.08. The number of aryl methyl sites for hydroxylation is 1. The zero-order valence-corrected chi connectivity index (χ0v) is 19.3. The summed E-state index contributed by atoms with van der Waals surface area (Å²) in [5.41, 5.74) is 2.58. The first-order valence-electron chi connectivity index (χ1n) is 11.5. The lowest BCUT2D eigenvalue weighted by Crippen LogP contribution is -2.19. The predicted molar refractivity (Wildman–Crippen MR) is 129 cm³/mol. The Kier molecular flexibility index (Phi) is 4.88. The van der Waals surface area contributed by atoms with E-state index < -0.39 is 23.3 Å². The molecule has 3 heterocycles. The Morgan fingerprint density at radius 2 is 1.51 bits per heavy atom. The van der Waals surface area contributed by atoms with E-state index in [0.29, 0.717) is 64.0 Å². The van der Waals surface area contributed by atoms with Crippen LogP contribution in [0, 0.1) is 6.92 Å². The molecular weight excluding hydrogens is 448 g/mol. The van der Waals surface area contributed by atoms with E-state index in [2.05, 4.69) is 0 Å².